The Morgan fingerprint density at radius 1 is 1.32 bits per heavy atom. The van der Waals surface area contributed by atoms with Crippen LogP contribution in [0.4, 0.5) is 5.82 Å². The fourth-order valence-corrected chi connectivity index (χ4v) is 2.19. The van der Waals surface area contributed by atoms with E-state index in [0.717, 1.165) is 18.9 Å². The van der Waals surface area contributed by atoms with Crippen LogP contribution in [0, 0.1) is 0 Å². The number of morpholine rings is 1. The first-order chi connectivity index (χ1) is 9.76. The van der Waals surface area contributed by atoms with Crippen molar-refractivity contribution in [3.8, 4) is 11.4 Å². The largest absolute Gasteiger partial charge is 0.378 e. The molecule has 1 aliphatic heterocycles. The van der Waals surface area contributed by atoms with Crippen molar-refractivity contribution in [2.75, 3.05) is 31.2 Å². The average molecular weight is 282 g/mol. The average Bonchev–Trinajstić information content (AvgIpc) is 2.96. The predicted octanol–water partition coefficient (Wildman–Crippen LogP) is 1.37. The van der Waals surface area contributed by atoms with Gasteiger partial charge >= 0.3 is 0 Å². The summed E-state index contributed by atoms with van der Waals surface area (Å²) >= 11 is 6.17. The van der Waals surface area contributed by atoms with Crippen LogP contribution in [-0.4, -0.2) is 46.3 Å². The molecule has 0 amide bonds. The van der Waals surface area contributed by atoms with Crippen LogP contribution in [0.25, 0.3) is 11.4 Å². The second-order valence-electron chi connectivity index (χ2n) is 4.27. The van der Waals surface area contributed by atoms with Gasteiger partial charge in [0.1, 0.15) is 11.5 Å². The molecule has 1 fully saturated rings. The van der Waals surface area contributed by atoms with Gasteiger partial charge < -0.3 is 9.64 Å². The highest BCUT2D eigenvalue weighted by Gasteiger charge is 2.15. The van der Waals surface area contributed by atoms with Crippen LogP contribution in [0.1, 0.15) is 1.37 Å². The smallest absolute Gasteiger partial charge is 0.131 e. The maximum Gasteiger partial charge on any atom is 0.131 e. The summed E-state index contributed by atoms with van der Waals surface area (Å²) in [5.41, 5.74) is 1.29. The Hall–Kier alpha value is -1.66. The number of hydrogen-bond donors (Lipinski definition) is 0. The number of ether oxygens (including phenoxy) is 1. The van der Waals surface area contributed by atoms with E-state index in [9.17, 15) is 0 Å². The molecule has 0 aromatic carbocycles. The molecular weight excluding hydrogens is 266 g/mol. The second-order valence-corrected chi connectivity index (χ2v) is 4.71. The minimum Gasteiger partial charge on any atom is -0.378 e. The summed E-state index contributed by atoms with van der Waals surface area (Å²) in [7, 11) is 0.0316. The number of halogens is 1. The summed E-state index contributed by atoms with van der Waals surface area (Å²) in [6, 6.07) is 3.59. The van der Waals surface area contributed by atoms with Crippen LogP contribution in [0.2, 0.25) is 5.02 Å². The third kappa shape index (κ3) is 2.69. The van der Waals surface area contributed by atoms with Gasteiger partial charge in [-0.3, -0.25) is 4.68 Å². The Morgan fingerprint density at radius 3 is 2.89 bits per heavy atom. The standard InChI is InChI=1S/C12H14ClN5O/c1-17-8-11(15-16-17)10-6-9(13)7-12(14-10)18-2-4-19-5-3-18/h6-8H,2-5H2,1H3/i1T. The molecule has 19 heavy (non-hydrogen) atoms. The Kier molecular flexibility index (Phi) is 3.03. The zero-order chi connectivity index (χ0) is 13.9. The van der Waals surface area contributed by atoms with E-state index < -0.39 is 0 Å². The number of aromatic nitrogens is 4. The molecule has 1 aliphatic rings. The summed E-state index contributed by atoms with van der Waals surface area (Å²) in [4.78, 5) is 6.72. The highest BCUT2D eigenvalue weighted by Crippen LogP contribution is 2.24. The number of pyridine rings is 1. The topological polar surface area (TPSA) is 56.1 Å². The van der Waals surface area contributed by atoms with Gasteiger partial charge in [0, 0.05) is 26.5 Å². The van der Waals surface area contributed by atoms with Crippen molar-refractivity contribution in [1.82, 2.24) is 20.0 Å². The molecular formula is C12H14ClN5O. The molecule has 0 spiro atoms. The van der Waals surface area contributed by atoms with Crippen LogP contribution in [-0.2, 0) is 11.8 Å². The van der Waals surface area contributed by atoms with Gasteiger partial charge in [0.25, 0.3) is 0 Å². The third-order valence-electron chi connectivity index (χ3n) is 2.91. The van der Waals surface area contributed by atoms with Crippen LogP contribution in [0.5, 0.6) is 0 Å². The van der Waals surface area contributed by atoms with E-state index in [1.165, 1.54) is 4.68 Å². The van der Waals surface area contributed by atoms with Crippen LogP contribution in [0.3, 0.4) is 0 Å². The molecule has 0 saturated carbocycles. The second kappa shape index (κ2) is 5.14. The van der Waals surface area contributed by atoms with Gasteiger partial charge in [0.05, 0.1) is 25.1 Å². The SMILES string of the molecule is [3H]Cn1cc(-c2cc(Cl)cc(N3CCOCC3)n2)nn1. The van der Waals surface area contributed by atoms with E-state index in [0.29, 0.717) is 29.6 Å². The monoisotopic (exact) mass is 281 g/mol. The molecule has 2 aromatic heterocycles. The molecule has 0 unspecified atom stereocenters. The Labute approximate surface area is 117 Å². The minimum absolute atomic E-state index is 0.0316. The van der Waals surface area contributed by atoms with E-state index >= 15 is 0 Å². The number of anilines is 1. The first kappa shape index (κ1) is 11.2. The highest BCUT2D eigenvalue weighted by atomic mass is 35.5. The fraction of sp³-hybridized carbons (Fsp3) is 0.417. The lowest BCUT2D eigenvalue weighted by Crippen LogP contribution is -2.36. The lowest BCUT2D eigenvalue weighted by molar-refractivity contribution is 0.122. The normalized spacial score (nSPS) is 16.5. The molecule has 0 atom stereocenters. The van der Waals surface area contributed by atoms with Crippen LogP contribution >= 0.6 is 11.6 Å². The number of hydrogen-bond acceptors (Lipinski definition) is 5. The Bertz CT molecular complexity index is 599. The molecule has 100 valence electrons. The fourth-order valence-electron chi connectivity index (χ4n) is 1.99. The van der Waals surface area contributed by atoms with E-state index in [-0.39, 0.29) is 7.02 Å². The van der Waals surface area contributed by atoms with E-state index in [2.05, 4.69) is 20.2 Å². The number of aryl methyl sites for hydroxylation is 1. The van der Waals surface area contributed by atoms with Crippen LogP contribution < -0.4 is 4.90 Å². The summed E-state index contributed by atoms with van der Waals surface area (Å²) in [6.45, 7) is 2.98. The van der Waals surface area contributed by atoms with E-state index in [4.69, 9.17) is 17.7 Å². The Morgan fingerprint density at radius 2 is 2.16 bits per heavy atom. The predicted molar refractivity (Wildman–Crippen MR) is 72.3 cm³/mol. The zero-order valence-corrected chi connectivity index (χ0v) is 11.0. The summed E-state index contributed by atoms with van der Waals surface area (Å²) in [5, 5.41) is 8.47. The minimum atomic E-state index is 0.0316. The molecule has 3 rings (SSSR count). The van der Waals surface area contributed by atoms with Gasteiger partial charge in [-0.15, -0.1) is 5.10 Å². The molecule has 0 N–H and O–H groups in total. The first-order valence-corrected chi connectivity index (χ1v) is 6.34. The summed E-state index contributed by atoms with van der Waals surface area (Å²) in [5.74, 6) is 0.816. The molecule has 1 saturated heterocycles. The number of rotatable bonds is 2. The van der Waals surface area contributed by atoms with Gasteiger partial charge in [-0.05, 0) is 12.1 Å². The lowest BCUT2D eigenvalue weighted by atomic mass is 10.2. The summed E-state index contributed by atoms with van der Waals surface area (Å²) < 4.78 is 14.0. The third-order valence-corrected chi connectivity index (χ3v) is 3.13. The van der Waals surface area contributed by atoms with Crippen molar-refractivity contribution in [3.05, 3.63) is 23.4 Å². The highest BCUT2D eigenvalue weighted by molar-refractivity contribution is 6.31. The van der Waals surface area contributed by atoms with Crippen molar-refractivity contribution >= 4 is 17.4 Å². The molecule has 7 heteroatoms. The van der Waals surface area contributed by atoms with Crippen LogP contribution in [0.15, 0.2) is 18.3 Å². The Balaban J connectivity index is 1.93. The van der Waals surface area contributed by atoms with Gasteiger partial charge in [0.2, 0.25) is 0 Å². The van der Waals surface area contributed by atoms with Crippen molar-refractivity contribution in [3.63, 3.8) is 0 Å². The maximum atomic E-state index is 7.26. The molecule has 0 aliphatic carbocycles. The van der Waals surface area contributed by atoms with E-state index in [1.54, 1.807) is 12.3 Å². The van der Waals surface area contributed by atoms with Gasteiger partial charge in [-0.1, -0.05) is 16.8 Å². The molecule has 0 radical (unpaired) electrons. The number of nitrogens with zero attached hydrogens (tertiary/aromatic N) is 5. The summed E-state index contributed by atoms with van der Waals surface area (Å²) in [6.07, 6.45) is 1.69. The van der Waals surface area contributed by atoms with Crippen molar-refractivity contribution < 1.29 is 6.11 Å². The zero-order valence-electron chi connectivity index (χ0n) is 11.3. The quantitative estimate of drug-likeness (QED) is 0.832. The first-order valence-electron chi connectivity index (χ1n) is 6.67. The lowest BCUT2D eigenvalue weighted by Gasteiger charge is -2.28. The molecule has 6 nitrogen and oxygen atoms in total. The van der Waals surface area contributed by atoms with Gasteiger partial charge in [-0.25, -0.2) is 4.98 Å². The molecule has 2 aromatic rings. The van der Waals surface area contributed by atoms with E-state index in [1.807, 2.05) is 6.07 Å². The maximum absolute atomic E-state index is 7.26. The van der Waals surface area contributed by atoms with Gasteiger partial charge in [0.15, 0.2) is 0 Å². The van der Waals surface area contributed by atoms with Crippen molar-refractivity contribution in [1.29, 1.82) is 0 Å². The molecule has 3 heterocycles. The van der Waals surface area contributed by atoms with Crippen molar-refractivity contribution in [2.24, 2.45) is 7.02 Å². The molecule has 0 bridgehead atoms. The van der Waals surface area contributed by atoms with Gasteiger partial charge in [-0.2, -0.15) is 0 Å². The van der Waals surface area contributed by atoms with Crippen molar-refractivity contribution in [2.45, 2.75) is 0 Å².